The van der Waals surface area contributed by atoms with Crippen LogP contribution in [0.1, 0.15) is 42.5 Å². The first-order valence-electron chi connectivity index (χ1n) is 3.46. The van der Waals surface area contributed by atoms with Crippen molar-refractivity contribution < 1.29 is 0 Å². The molecular weight excluding hydrogens is 144 g/mol. The van der Waals surface area contributed by atoms with Gasteiger partial charge >= 0.3 is 0 Å². The van der Waals surface area contributed by atoms with E-state index in [0.717, 1.165) is 0 Å². The molecule has 76 valence electrons. The predicted molar refractivity (Wildman–Crippen MR) is 65.7 cm³/mol. The molecule has 0 aromatic carbocycles. The van der Waals surface area contributed by atoms with Gasteiger partial charge in [0, 0.05) is 0 Å². The molecule has 0 heterocycles. The fourth-order valence-electron chi connectivity index (χ4n) is 0. The zero-order valence-corrected chi connectivity index (χ0v) is 7.72. The first-order chi connectivity index (χ1) is 4.74. The maximum atomic E-state index is 3.36. The highest BCUT2D eigenvalue weighted by atomic mass is 13.4. The van der Waals surface area contributed by atoms with Crippen LogP contribution in [-0.2, 0) is 0 Å². The molecular formula is C12H28. The third-order valence-corrected chi connectivity index (χ3v) is 0.333. The fraction of sp³-hybridized carbons (Fsp3) is 0.500. The molecule has 0 aliphatic heterocycles. The molecule has 0 amide bonds. The minimum Gasteiger partial charge on any atom is -0.103 e. The molecule has 12 heavy (non-hydrogen) atoms. The van der Waals surface area contributed by atoms with E-state index in [-0.39, 0.29) is 14.9 Å². The van der Waals surface area contributed by atoms with Gasteiger partial charge in [-0.3, -0.25) is 0 Å². The first-order valence-corrected chi connectivity index (χ1v) is 3.46. The Bertz CT molecular complexity index is 58.1. The highest BCUT2D eigenvalue weighted by molar-refractivity contribution is 4.68. The summed E-state index contributed by atoms with van der Waals surface area (Å²) in [5.74, 6) is 0. The van der Waals surface area contributed by atoms with Crippen molar-refractivity contribution in [2.75, 3.05) is 0 Å². The van der Waals surface area contributed by atoms with Crippen molar-refractivity contribution in [3.8, 4) is 0 Å². The smallest absolute Gasteiger partial charge is 0.0470 e. The Morgan fingerprint density at radius 1 is 0.667 bits per heavy atom. The first kappa shape index (κ1) is 30.3. The molecule has 0 aromatic heterocycles. The topological polar surface area (TPSA) is 0 Å². The molecule has 0 fully saturated rings. The quantitative estimate of drug-likeness (QED) is 0.438. The third kappa shape index (κ3) is 12900. The molecule has 0 aliphatic carbocycles. The number of rotatable bonds is 0. The molecule has 0 bridgehead atoms. The Hall–Kier alpha value is -0.780. The third-order valence-electron chi connectivity index (χ3n) is 0.333. The summed E-state index contributed by atoms with van der Waals surface area (Å²) in [6.45, 7) is 14.5. The lowest BCUT2D eigenvalue weighted by atomic mass is 10.6. The Morgan fingerprint density at radius 2 is 0.750 bits per heavy atom. The van der Waals surface area contributed by atoms with Crippen LogP contribution in [0.4, 0.5) is 0 Å². The molecule has 0 radical (unpaired) electrons. The van der Waals surface area contributed by atoms with Crippen molar-refractivity contribution in [3.05, 3.63) is 37.5 Å². The molecule has 0 heteroatoms. The molecule has 0 aliphatic rings. The Morgan fingerprint density at radius 3 is 0.750 bits per heavy atom. The fourth-order valence-corrected chi connectivity index (χ4v) is 0. The Labute approximate surface area is 80.7 Å². The second-order valence-corrected chi connectivity index (χ2v) is 1.48. The zero-order chi connectivity index (χ0) is 8.83. The summed E-state index contributed by atoms with van der Waals surface area (Å²) in [5, 5.41) is 0. The van der Waals surface area contributed by atoms with Crippen molar-refractivity contribution in [3.63, 3.8) is 0 Å². The summed E-state index contributed by atoms with van der Waals surface area (Å²) < 4.78 is 0. The SMILES string of the molecule is C.C.C=CC.C=CC.CC=CC. The van der Waals surface area contributed by atoms with Crippen LogP contribution in [-0.4, -0.2) is 0 Å². The number of hydrogen-bond acceptors (Lipinski definition) is 0. The molecule has 0 saturated heterocycles. The monoisotopic (exact) mass is 172 g/mol. The van der Waals surface area contributed by atoms with Crippen LogP contribution in [0.15, 0.2) is 37.5 Å². The molecule has 0 atom stereocenters. The van der Waals surface area contributed by atoms with E-state index in [1.807, 2.05) is 39.8 Å². The van der Waals surface area contributed by atoms with Gasteiger partial charge in [0.05, 0.1) is 0 Å². The van der Waals surface area contributed by atoms with E-state index in [0.29, 0.717) is 0 Å². The van der Waals surface area contributed by atoms with Crippen LogP contribution >= 0.6 is 0 Å². The summed E-state index contributed by atoms with van der Waals surface area (Å²) in [4.78, 5) is 0. The van der Waals surface area contributed by atoms with Gasteiger partial charge in [0.25, 0.3) is 0 Å². The minimum absolute atomic E-state index is 0. The van der Waals surface area contributed by atoms with Gasteiger partial charge in [0.15, 0.2) is 0 Å². The molecule has 0 unspecified atom stereocenters. The average Bonchev–Trinajstić information content (AvgIpc) is 1.91. The highest BCUT2D eigenvalue weighted by Crippen LogP contribution is 1.57. The second kappa shape index (κ2) is 83.8. The van der Waals surface area contributed by atoms with E-state index in [2.05, 4.69) is 13.2 Å². The summed E-state index contributed by atoms with van der Waals surface area (Å²) in [6, 6.07) is 0. The normalized spacial score (nSPS) is 5.33. The van der Waals surface area contributed by atoms with Crippen molar-refractivity contribution in [2.45, 2.75) is 42.5 Å². The summed E-state index contributed by atoms with van der Waals surface area (Å²) in [7, 11) is 0. The molecule has 0 spiro atoms. The van der Waals surface area contributed by atoms with Crippen molar-refractivity contribution >= 4 is 0 Å². The number of allylic oxidation sites excluding steroid dienone is 4. The summed E-state index contributed by atoms with van der Waals surface area (Å²) >= 11 is 0. The van der Waals surface area contributed by atoms with Gasteiger partial charge in [-0.05, 0) is 27.7 Å². The lowest BCUT2D eigenvalue weighted by molar-refractivity contribution is 1.64. The van der Waals surface area contributed by atoms with E-state index < -0.39 is 0 Å². The van der Waals surface area contributed by atoms with Crippen LogP contribution in [0.3, 0.4) is 0 Å². The van der Waals surface area contributed by atoms with Gasteiger partial charge in [0.2, 0.25) is 0 Å². The summed E-state index contributed by atoms with van der Waals surface area (Å²) in [6.07, 6.45) is 7.50. The van der Waals surface area contributed by atoms with Crippen LogP contribution < -0.4 is 0 Å². The Kier molecular flexibility index (Phi) is 212. The predicted octanol–water partition coefficient (Wildman–Crippen LogP) is 5.24. The van der Waals surface area contributed by atoms with Crippen molar-refractivity contribution in [2.24, 2.45) is 0 Å². The zero-order valence-electron chi connectivity index (χ0n) is 7.72. The van der Waals surface area contributed by atoms with E-state index in [1.54, 1.807) is 12.2 Å². The Balaban J connectivity index is -0.0000000191. The second-order valence-electron chi connectivity index (χ2n) is 1.48. The lowest BCUT2D eigenvalue weighted by Crippen LogP contribution is -1.26. The van der Waals surface area contributed by atoms with Gasteiger partial charge in [-0.15, -0.1) is 13.2 Å². The molecule has 0 N–H and O–H groups in total. The maximum Gasteiger partial charge on any atom is -0.0470 e. The largest absolute Gasteiger partial charge is 0.103 e. The van der Waals surface area contributed by atoms with E-state index >= 15 is 0 Å². The van der Waals surface area contributed by atoms with Crippen LogP contribution in [0.25, 0.3) is 0 Å². The molecule has 0 aromatic rings. The van der Waals surface area contributed by atoms with Gasteiger partial charge in [-0.25, -0.2) is 0 Å². The standard InChI is InChI=1S/C4H8.2C3H6.2CH4/c1-3-4-2;2*1-3-2;;/h3-4H,1-2H3;2*3H,1H2,2H3;2*1H4. The van der Waals surface area contributed by atoms with E-state index in [9.17, 15) is 0 Å². The van der Waals surface area contributed by atoms with Crippen LogP contribution in [0.5, 0.6) is 0 Å². The average molecular weight is 172 g/mol. The van der Waals surface area contributed by atoms with Gasteiger partial charge in [-0.2, -0.15) is 0 Å². The minimum atomic E-state index is 0. The molecule has 0 saturated carbocycles. The highest BCUT2D eigenvalue weighted by Gasteiger charge is 1.34. The van der Waals surface area contributed by atoms with Crippen molar-refractivity contribution in [1.82, 2.24) is 0 Å². The van der Waals surface area contributed by atoms with Gasteiger partial charge < -0.3 is 0 Å². The van der Waals surface area contributed by atoms with Crippen molar-refractivity contribution in [1.29, 1.82) is 0 Å². The van der Waals surface area contributed by atoms with E-state index in [1.165, 1.54) is 0 Å². The van der Waals surface area contributed by atoms with Crippen LogP contribution in [0, 0.1) is 0 Å². The molecule has 0 nitrogen and oxygen atoms in total. The molecule has 0 rings (SSSR count). The van der Waals surface area contributed by atoms with E-state index in [4.69, 9.17) is 0 Å². The summed E-state index contributed by atoms with van der Waals surface area (Å²) in [5.41, 5.74) is 0. The number of hydrogen-bond donors (Lipinski definition) is 0. The lowest BCUT2D eigenvalue weighted by Gasteiger charge is -1.49. The van der Waals surface area contributed by atoms with Gasteiger partial charge in [-0.1, -0.05) is 39.2 Å². The maximum absolute atomic E-state index is 3.36. The van der Waals surface area contributed by atoms with Crippen LogP contribution in [0.2, 0.25) is 0 Å². The van der Waals surface area contributed by atoms with Gasteiger partial charge in [0.1, 0.15) is 0 Å².